The van der Waals surface area contributed by atoms with Crippen LogP contribution in [0.3, 0.4) is 0 Å². The van der Waals surface area contributed by atoms with Gasteiger partial charge in [-0.25, -0.2) is 4.98 Å². The van der Waals surface area contributed by atoms with Crippen molar-refractivity contribution in [2.75, 3.05) is 23.7 Å². The van der Waals surface area contributed by atoms with Crippen LogP contribution in [0.4, 0.5) is 11.6 Å². The summed E-state index contributed by atoms with van der Waals surface area (Å²) in [6.45, 7) is 1.44. The summed E-state index contributed by atoms with van der Waals surface area (Å²) in [7, 11) is 0. The molecule has 2 aromatic rings. The Kier molecular flexibility index (Phi) is 3.73. The smallest absolute Gasteiger partial charge is 0.252 e. The Labute approximate surface area is 132 Å². The molecule has 2 heterocycles. The fourth-order valence-electron chi connectivity index (χ4n) is 2.81. The van der Waals surface area contributed by atoms with Crippen molar-refractivity contribution in [3.8, 4) is 6.07 Å². The second kappa shape index (κ2) is 5.70. The van der Waals surface area contributed by atoms with Gasteiger partial charge >= 0.3 is 0 Å². The number of aromatic nitrogens is 2. The molecule has 112 valence electrons. The molecule has 0 bridgehead atoms. The zero-order valence-electron chi connectivity index (χ0n) is 11.7. The Balaban J connectivity index is 1.88. The first-order valence-electron chi connectivity index (χ1n) is 6.89. The van der Waals surface area contributed by atoms with Crippen molar-refractivity contribution in [1.29, 1.82) is 5.26 Å². The van der Waals surface area contributed by atoms with Gasteiger partial charge in [0.2, 0.25) is 5.95 Å². The number of nitrogens with zero attached hydrogens (tertiary/aromatic N) is 3. The Morgan fingerprint density at radius 1 is 1.50 bits per heavy atom. The quantitative estimate of drug-likeness (QED) is 0.881. The number of nitrogens with two attached hydrogens (primary N) is 1. The molecule has 1 atom stereocenters. The van der Waals surface area contributed by atoms with E-state index in [-0.39, 0.29) is 17.4 Å². The van der Waals surface area contributed by atoms with Gasteiger partial charge < -0.3 is 10.6 Å². The van der Waals surface area contributed by atoms with E-state index in [0.717, 1.165) is 18.7 Å². The van der Waals surface area contributed by atoms with Crippen molar-refractivity contribution >= 4 is 23.2 Å². The Hall–Kier alpha value is -2.52. The minimum Gasteiger partial charge on any atom is -0.370 e. The average Bonchev–Trinajstić information content (AvgIpc) is 2.95. The summed E-state index contributed by atoms with van der Waals surface area (Å²) in [4.78, 5) is 20.3. The monoisotopic (exact) mass is 315 g/mol. The lowest BCUT2D eigenvalue weighted by atomic mass is 10.0. The van der Waals surface area contributed by atoms with Crippen LogP contribution in [0, 0.1) is 11.3 Å². The normalized spacial score (nSPS) is 17.5. The molecule has 1 aromatic heterocycles. The third-order valence-corrected chi connectivity index (χ3v) is 4.15. The standard InChI is InChI=1S/C15H14ClN5O/c16-11-2-1-3-13(10(11)7-17)21-5-4-9(8-21)12-6-14(22)20-15(18)19-12/h1-3,6,9H,4-5,8H2,(H3,18,19,20,22). The van der Waals surface area contributed by atoms with E-state index in [1.807, 2.05) is 12.1 Å². The first-order valence-corrected chi connectivity index (χ1v) is 7.26. The summed E-state index contributed by atoms with van der Waals surface area (Å²) in [6, 6.07) is 9.04. The summed E-state index contributed by atoms with van der Waals surface area (Å²) in [5, 5.41) is 9.73. The van der Waals surface area contributed by atoms with E-state index in [9.17, 15) is 10.1 Å². The van der Waals surface area contributed by atoms with Crippen LogP contribution in [0.1, 0.15) is 23.6 Å². The summed E-state index contributed by atoms with van der Waals surface area (Å²) in [6.07, 6.45) is 0.841. The van der Waals surface area contributed by atoms with Crippen molar-refractivity contribution < 1.29 is 0 Å². The molecule has 1 aliphatic rings. The molecule has 6 nitrogen and oxygen atoms in total. The number of aromatic amines is 1. The number of halogens is 1. The lowest BCUT2D eigenvalue weighted by Crippen LogP contribution is -2.21. The average molecular weight is 316 g/mol. The fourth-order valence-corrected chi connectivity index (χ4v) is 3.02. The van der Waals surface area contributed by atoms with Crippen LogP contribution < -0.4 is 16.2 Å². The minimum atomic E-state index is -0.249. The van der Waals surface area contributed by atoms with E-state index < -0.39 is 0 Å². The first-order chi connectivity index (χ1) is 10.6. The van der Waals surface area contributed by atoms with E-state index in [2.05, 4.69) is 20.9 Å². The van der Waals surface area contributed by atoms with Crippen LogP contribution in [0.15, 0.2) is 29.1 Å². The fraction of sp³-hybridized carbons (Fsp3) is 0.267. The maximum atomic E-state index is 11.5. The number of rotatable bonds is 2. The maximum absolute atomic E-state index is 11.5. The van der Waals surface area contributed by atoms with Crippen LogP contribution >= 0.6 is 11.6 Å². The molecule has 0 radical (unpaired) electrons. The van der Waals surface area contributed by atoms with E-state index >= 15 is 0 Å². The Morgan fingerprint density at radius 2 is 2.32 bits per heavy atom. The van der Waals surface area contributed by atoms with E-state index in [4.69, 9.17) is 17.3 Å². The van der Waals surface area contributed by atoms with Gasteiger partial charge in [-0.1, -0.05) is 17.7 Å². The molecule has 0 saturated carbocycles. The predicted molar refractivity (Wildman–Crippen MR) is 85.0 cm³/mol. The molecular weight excluding hydrogens is 302 g/mol. The number of nitrogens with one attached hydrogen (secondary N) is 1. The molecule has 0 amide bonds. The highest BCUT2D eigenvalue weighted by molar-refractivity contribution is 6.32. The zero-order chi connectivity index (χ0) is 15.7. The summed E-state index contributed by atoms with van der Waals surface area (Å²) in [5.74, 6) is 0.233. The van der Waals surface area contributed by atoms with Crippen LogP contribution in [-0.2, 0) is 0 Å². The predicted octanol–water partition coefficient (Wildman–Crippen LogP) is 1.87. The Bertz CT molecular complexity index is 810. The van der Waals surface area contributed by atoms with Crippen LogP contribution in [0.5, 0.6) is 0 Å². The molecule has 1 aromatic carbocycles. The largest absolute Gasteiger partial charge is 0.370 e. The molecule has 0 spiro atoms. The molecule has 1 unspecified atom stereocenters. The molecule has 1 fully saturated rings. The number of H-pyrrole nitrogens is 1. The number of hydrogen-bond acceptors (Lipinski definition) is 5. The van der Waals surface area contributed by atoms with Crippen LogP contribution in [-0.4, -0.2) is 23.1 Å². The summed E-state index contributed by atoms with van der Waals surface area (Å²) in [5.41, 5.74) is 7.32. The zero-order valence-corrected chi connectivity index (χ0v) is 12.5. The Morgan fingerprint density at radius 3 is 3.05 bits per heavy atom. The topological polar surface area (TPSA) is 98.8 Å². The number of anilines is 2. The molecular formula is C15H14ClN5O. The molecule has 1 aliphatic heterocycles. The van der Waals surface area contributed by atoms with Gasteiger partial charge in [0.25, 0.3) is 5.56 Å². The lowest BCUT2D eigenvalue weighted by molar-refractivity contribution is 0.739. The lowest BCUT2D eigenvalue weighted by Gasteiger charge is -2.20. The van der Waals surface area contributed by atoms with Crippen molar-refractivity contribution in [3.63, 3.8) is 0 Å². The third kappa shape index (κ3) is 2.63. The molecule has 3 rings (SSSR count). The van der Waals surface area contributed by atoms with E-state index in [1.54, 1.807) is 6.07 Å². The SMILES string of the molecule is N#Cc1c(Cl)cccc1N1CCC(c2cc(=O)[nH]c(N)n2)C1. The number of nitriles is 1. The second-order valence-corrected chi connectivity index (χ2v) is 5.64. The van der Waals surface area contributed by atoms with Crippen molar-refractivity contribution in [2.24, 2.45) is 0 Å². The van der Waals surface area contributed by atoms with Gasteiger partial charge in [0.15, 0.2) is 0 Å². The van der Waals surface area contributed by atoms with E-state index in [1.165, 1.54) is 6.07 Å². The molecule has 22 heavy (non-hydrogen) atoms. The minimum absolute atomic E-state index is 0.107. The third-order valence-electron chi connectivity index (χ3n) is 3.83. The maximum Gasteiger partial charge on any atom is 0.252 e. The highest BCUT2D eigenvalue weighted by Crippen LogP contribution is 2.33. The van der Waals surface area contributed by atoms with Crippen molar-refractivity contribution in [2.45, 2.75) is 12.3 Å². The van der Waals surface area contributed by atoms with Gasteiger partial charge in [-0.15, -0.1) is 0 Å². The summed E-state index contributed by atoms with van der Waals surface area (Å²) < 4.78 is 0. The van der Waals surface area contributed by atoms with Gasteiger partial charge in [-0.05, 0) is 18.6 Å². The second-order valence-electron chi connectivity index (χ2n) is 5.23. The van der Waals surface area contributed by atoms with Crippen LogP contribution in [0.25, 0.3) is 0 Å². The molecule has 3 N–H and O–H groups in total. The van der Waals surface area contributed by atoms with Gasteiger partial charge in [0.1, 0.15) is 6.07 Å². The number of nitrogen functional groups attached to an aromatic ring is 1. The highest BCUT2D eigenvalue weighted by atomic mass is 35.5. The van der Waals surface area contributed by atoms with Crippen molar-refractivity contribution in [3.05, 3.63) is 50.9 Å². The highest BCUT2D eigenvalue weighted by Gasteiger charge is 2.27. The molecule has 1 saturated heterocycles. The van der Waals surface area contributed by atoms with Gasteiger partial charge in [-0.2, -0.15) is 5.26 Å². The molecule has 0 aliphatic carbocycles. The first kappa shape index (κ1) is 14.4. The van der Waals surface area contributed by atoms with Gasteiger partial charge in [0, 0.05) is 25.1 Å². The van der Waals surface area contributed by atoms with Gasteiger partial charge in [0.05, 0.1) is 22.0 Å². The van der Waals surface area contributed by atoms with E-state index in [0.29, 0.717) is 22.8 Å². The number of benzene rings is 1. The van der Waals surface area contributed by atoms with Gasteiger partial charge in [-0.3, -0.25) is 9.78 Å². The molecule has 7 heteroatoms. The van der Waals surface area contributed by atoms with Crippen molar-refractivity contribution in [1.82, 2.24) is 9.97 Å². The number of hydrogen-bond donors (Lipinski definition) is 2. The van der Waals surface area contributed by atoms with Crippen LogP contribution in [0.2, 0.25) is 5.02 Å². The summed E-state index contributed by atoms with van der Waals surface area (Å²) >= 11 is 6.08.